The minimum Gasteiger partial charge on any atom is -0.495 e. The maximum absolute atomic E-state index is 12.8. The number of nitrogens with zero attached hydrogens (tertiary/aromatic N) is 1. The molecule has 1 saturated heterocycles. The lowest BCUT2D eigenvalue weighted by Gasteiger charge is -2.32. The molecule has 2 rings (SSSR count). The van der Waals surface area contributed by atoms with Crippen molar-refractivity contribution >= 4 is 15.7 Å². The average molecular weight is 316 g/mol. The Morgan fingerprint density at radius 3 is 2.52 bits per heavy atom. The number of hydrogen-bond donors (Lipinski definition) is 1. The molecule has 1 fully saturated rings. The van der Waals surface area contributed by atoms with Gasteiger partial charge in [0.1, 0.15) is 16.4 Å². The number of methoxy groups -OCH3 is 2. The summed E-state index contributed by atoms with van der Waals surface area (Å²) in [5.74, 6) is 0.584. The molecule has 8 heteroatoms. The molecule has 1 aliphatic rings. The van der Waals surface area contributed by atoms with Gasteiger partial charge in [-0.25, -0.2) is 8.42 Å². The molecule has 0 spiro atoms. The lowest BCUT2D eigenvalue weighted by Crippen LogP contribution is -2.47. The maximum Gasteiger partial charge on any atom is 0.247 e. The van der Waals surface area contributed by atoms with Gasteiger partial charge in [0.25, 0.3) is 0 Å². The summed E-state index contributed by atoms with van der Waals surface area (Å²) in [4.78, 5) is 0.0389. The van der Waals surface area contributed by atoms with Crippen molar-refractivity contribution in [2.75, 3.05) is 39.7 Å². The van der Waals surface area contributed by atoms with E-state index in [2.05, 4.69) is 0 Å². The molecule has 0 aliphatic carbocycles. The second-order valence-corrected chi connectivity index (χ2v) is 6.64. The Kier molecular flexibility index (Phi) is 4.60. The Morgan fingerprint density at radius 1 is 1.29 bits per heavy atom. The van der Waals surface area contributed by atoms with Gasteiger partial charge in [0, 0.05) is 18.7 Å². The summed E-state index contributed by atoms with van der Waals surface area (Å²) in [5.41, 5.74) is 6.08. The molecule has 1 aromatic carbocycles. The van der Waals surface area contributed by atoms with Crippen LogP contribution in [0, 0.1) is 0 Å². The van der Waals surface area contributed by atoms with Gasteiger partial charge in [0.15, 0.2) is 0 Å². The third-order valence-corrected chi connectivity index (χ3v) is 5.44. The van der Waals surface area contributed by atoms with Crippen molar-refractivity contribution in [3.63, 3.8) is 0 Å². The Morgan fingerprint density at radius 2 is 1.95 bits per heavy atom. The van der Waals surface area contributed by atoms with E-state index in [1.807, 2.05) is 0 Å². The van der Waals surface area contributed by atoms with Gasteiger partial charge in [0.2, 0.25) is 10.0 Å². The van der Waals surface area contributed by atoms with Crippen LogP contribution in [-0.2, 0) is 14.8 Å². The predicted octanol–water partition coefficient (Wildman–Crippen LogP) is 0.695. The predicted molar refractivity (Wildman–Crippen MR) is 78.1 cm³/mol. The van der Waals surface area contributed by atoms with E-state index in [1.165, 1.54) is 30.7 Å². The molecule has 1 aromatic rings. The zero-order valence-electron chi connectivity index (χ0n) is 12.3. The minimum atomic E-state index is -3.71. The topological polar surface area (TPSA) is 91.1 Å². The number of ether oxygens (including phenoxy) is 3. The van der Waals surface area contributed by atoms with Crippen LogP contribution >= 0.6 is 0 Å². The number of benzene rings is 1. The summed E-state index contributed by atoms with van der Waals surface area (Å²) < 4.78 is 42.6. The molecule has 0 amide bonds. The molecule has 7 nitrogen and oxygen atoms in total. The summed E-state index contributed by atoms with van der Waals surface area (Å²) in [7, 11) is -0.838. The van der Waals surface area contributed by atoms with Crippen LogP contribution in [0.25, 0.3) is 0 Å². The van der Waals surface area contributed by atoms with E-state index in [4.69, 9.17) is 19.9 Å². The van der Waals surface area contributed by atoms with Crippen LogP contribution in [0.4, 0.5) is 5.69 Å². The standard InChI is InChI=1S/C13H20N2O5S/c1-9-8-20-5-4-15(9)21(16,17)13-6-10(14)11(18-2)7-12(13)19-3/h6-7,9H,4-5,8,14H2,1-3H3/t9-/m1/s1. The van der Waals surface area contributed by atoms with Crippen LogP contribution in [0.3, 0.4) is 0 Å². The van der Waals surface area contributed by atoms with Crippen molar-refractivity contribution in [3.05, 3.63) is 12.1 Å². The van der Waals surface area contributed by atoms with Gasteiger partial charge >= 0.3 is 0 Å². The molecule has 1 aliphatic heterocycles. The third-order valence-electron chi connectivity index (χ3n) is 3.41. The number of rotatable bonds is 4. The van der Waals surface area contributed by atoms with E-state index < -0.39 is 10.0 Å². The number of hydrogen-bond acceptors (Lipinski definition) is 6. The molecule has 0 saturated carbocycles. The van der Waals surface area contributed by atoms with Gasteiger partial charge in [0.05, 0.1) is 33.1 Å². The molecular formula is C13H20N2O5S. The van der Waals surface area contributed by atoms with Crippen molar-refractivity contribution < 1.29 is 22.6 Å². The van der Waals surface area contributed by atoms with Crippen LogP contribution < -0.4 is 15.2 Å². The molecule has 2 N–H and O–H groups in total. The van der Waals surface area contributed by atoms with Crippen LogP contribution in [0.5, 0.6) is 11.5 Å². The quantitative estimate of drug-likeness (QED) is 0.822. The van der Waals surface area contributed by atoms with Gasteiger partial charge in [-0.1, -0.05) is 0 Å². The second kappa shape index (κ2) is 6.08. The molecule has 0 radical (unpaired) electrons. The number of nitrogens with two attached hydrogens (primary N) is 1. The van der Waals surface area contributed by atoms with Crippen molar-refractivity contribution in [1.29, 1.82) is 0 Å². The van der Waals surface area contributed by atoms with Gasteiger partial charge in [-0.15, -0.1) is 0 Å². The first-order chi connectivity index (χ1) is 9.91. The third kappa shape index (κ3) is 2.92. The van der Waals surface area contributed by atoms with Crippen LogP contribution in [-0.4, -0.2) is 52.7 Å². The normalized spacial score (nSPS) is 20.2. The highest BCUT2D eigenvalue weighted by molar-refractivity contribution is 7.89. The summed E-state index contributed by atoms with van der Waals surface area (Å²) in [6.07, 6.45) is 0. The Balaban J connectivity index is 2.51. The highest BCUT2D eigenvalue weighted by Gasteiger charge is 2.34. The smallest absolute Gasteiger partial charge is 0.247 e. The fraction of sp³-hybridized carbons (Fsp3) is 0.538. The molecule has 0 bridgehead atoms. The lowest BCUT2D eigenvalue weighted by molar-refractivity contribution is 0.0392. The van der Waals surface area contributed by atoms with E-state index in [0.717, 1.165) is 0 Å². The van der Waals surface area contributed by atoms with Gasteiger partial charge < -0.3 is 19.9 Å². The van der Waals surface area contributed by atoms with Gasteiger partial charge in [-0.2, -0.15) is 4.31 Å². The number of morpholine rings is 1. The second-order valence-electron chi connectivity index (χ2n) is 4.78. The van der Waals surface area contributed by atoms with E-state index in [9.17, 15) is 8.42 Å². The monoisotopic (exact) mass is 316 g/mol. The summed E-state index contributed by atoms with van der Waals surface area (Å²) in [6.45, 7) is 2.85. The van der Waals surface area contributed by atoms with Crippen LogP contribution in [0.1, 0.15) is 6.92 Å². The number of anilines is 1. The van der Waals surface area contributed by atoms with Crippen molar-refractivity contribution in [3.8, 4) is 11.5 Å². The largest absolute Gasteiger partial charge is 0.495 e. The van der Waals surface area contributed by atoms with E-state index >= 15 is 0 Å². The first-order valence-corrected chi connectivity index (χ1v) is 7.97. The first-order valence-electron chi connectivity index (χ1n) is 6.53. The average Bonchev–Trinajstić information content (AvgIpc) is 2.47. The fourth-order valence-electron chi connectivity index (χ4n) is 2.29. The van der Waals surface area contributed by atoms with E-state index in [1.54, 1.807) is 6.92 Å². The maximum atomic E-state index is 12.8. The fourth-order valence-corrected chi connectivity index (χ4v) is 4.06. The Hall–Kier alpha value is -1.51. The van der Waals surface area contributed by atoms with Crippen LogP contribution in [0.15, 0.2) is 17.0 Å². The van der Waals surface area contributed by atoms with Crippen LogP contribution in [0.2, 0.25) is 0 Å². The first kappa shape index (κ1) is 15.9. The van der Waals surface area contributed by atoms with Gasteiger partial charge in [-0.3, -0.25) is 0 Å². The van der Waals surface area contributed by atoms with E-state index in [0.29, 0.717) is 25.5 Å². The highest BCUT2D eigenvalue weighted by atomic mass is 32.2. The molecular weight excluding hydrogens is 296 g/mol. The van der Waals surface area contributed by atoms with Crippen molar-refractivity contribution in [1.82, 2.24) is 4.31 Å². The zero-order chi connectivity index (χ0) is 15.6. The Labute approximate surface area is 124 Å². The number of nitrogen functional groups attached to an aromatic ring is 1. The SMILES string of the molecule is COc1cc(OC)c(S(=O)(=O)N2CCOC[C@H]2C)cc1N. The Bertz CT molecular complexity index is 617. The minimum absolute atomic E-state index is 0.0389. The summed E-state index contributed by atoms with van der Waals surface area (Å²) in [5, 5.41) is 0. The summed E-state index contributed by atoms with van der Waals surface area (Å²) >= 11 is 0. The number of sulfonamides is 1. The molecule has 21 heavy (non-hydrogen) atoms. The van der Waals surface area contributed by atoms with Crippen molar-refractivity contribution in [2.24, 2.45) is 0 Å². The lowest BCUT2D eigenvalue weighted by atomic mass is 10.3. The molecule has 0 unspecified atom stereocenters. The zero-order valence-corrected chi connectivity index (χ0v) is 13.1. The van der Waals surface area contributed by atoms with E-state index in [-0.39, 0.29) is 22.4 Å². The van der Waals surface area contributed by atoms with Gasteiger partial charge in [-0.05, 0) is 13.0 Å². The highest BCUT2D eigenvalue weighted by Crippen LogP contribution is 2.36. The molecule has 1 atom stereocenters. The summed E-state index contributed by atoms with van der Waals surface area (Å²) in [6, 6.07) is 2.61. The molecule has 118 valence electrons. The molecule has 1 heterocycles. The van der Waals surface area contributed by atoms with Crippen molar-refractivity contribution in [2.45, 2.75) is 17.9 Å². The molecule has 0 aromatic heterocycles.